The minimum Gasteiger partial charge on any atom is -0.481 e. The van der Waals surface area contributed by atoms with Gasteiger partial charge in [0.1, 0.15) is 5.69 Å². The van der Waals surface area contributed by atoms with Gasteiger partial charge >= 0.3 is 5.97 Å². The zero-order valence-electron chi connectivity index (χ0n) is 12.0. The van der Waals surface area contributed by atoms with Gasteiger partial charge < -0.3 is 10.4 Å². The van der Waals surface area contributed by atoms with Crippen LogP contribution in [0.5, 0.6) is 0 Å². The smallest absolute Gasteiger partial charge is 0.305 e. The lowest BCUT2D eigenvalue weighted by atomic mass is 9.92. The molecule has 0 aliphatic heterocycles. The van der Waals surface area contributed by atoms with Gasteiger partial charge in [-0.05, 0) is 13.0 Å². The Morgan fingerprint density at radius 1 is 1.47 bits per heavy atom. The Bertz CT molecular complexity index is 486. The number of hydrogen-bond donors (Lipinski definition) is 2. The number of nitrogens with zero attached hydrogens (tertiary/aromatic N) is 2. The number of carboxylic acids is 1. The average Bonchev–Trinajstić information content (AvgIpc) is 2.58. The second-order valence-electron chi connectivity index (χ2n) is 5.76. The summed E-state index contributed by atoms with van der Waals surface area (Å²) in [6.45, 7) is 7.71. The summed E-state index contributed by atoms with van der Waals surface area (Å²) in [6, 6.07) is 1.32. The highest BCUT2D eigenvalue weighted by atomic mass is 16.4. The van der Waals surface area contributed by atoms with Gasteiger partial charge in [-0.15, -0.1) is 0 Å². The predicted octanol–water partition coefficient (Wildman–Crippen LogP) is 1.31. The molecule has 106 valence electrons. The number of aryl methyl sites for hydroxylation is 1. The fourth-order valence-corrected chi connectivity index (χ4v) is 1.66. The van der Waals surface area contributed by atoms with Crippen LogP contribution in [-0.4, -0.2) is 32.8 Å². The van der Waals surface area contributed by atoms with Crippen molar-refractivity contribution in [3.63, 3.8) is 0 Å². The van der Waals surface area contributed by atoms with Crippen LogP contribution in [0.4, 0.5) is 0 Å². The van der Waals surface area contributed by atoms with Crippen LogP contribution < -0.4 is 5.32 Å². The Balaban J connectivity index is 2.83. The number of carbonyl (C=O) groups is 2. The van der Waals surface area contributed by atoms with Crippen LogP contribution in [0.2, 0.25) is 0 Å². The molecule has 0 radical (unpaired) electrons. The molecule has 6 nitrogen and oxygen atoms in total. The summed E-state index contributed by atoms with van der Waals surface area (Å²) in [6.07, 6.45) is -0.101. The van der Waals surface area contributed by atoms with Crippen LogP contribution in [0.1, 0.15) is 50.3 Å². The molecule has 2 N–H and O–H groups in total. The SMILES string of the molecule is CC(CC(=O)O)NC(=O)c1cc(C(C)(C)C)nn1C. The molecule has 0 spiro atoms. The summed E-state index contributed by atoms with van der Waals surface area (Å²) in [4.78, 5) is 22.6. The normalized spacial score (nSPS) is 13.1. The van der Waals surface area contributed by atoms with E-state index in [1.165, 1.54) is 4.68 Å². The highest BCUT2D eigenvalue weighted by molar-refractivity contribution is 5.93. The molecule has 1 aromatic heterocycles. The van der Waals surface area contributed by atoms with Gasteiger partial charge in [0.15, 0.2) is 0 Å². The summed E-state index contributed by atoms with van der Waals surface area (Å²) < 4.78 is 1.52. The number of amides is 1. The Morgan fingerprint density at radius 3 is 2.47 bits per heavy atom. The molecule has 1 aromatic rings. The molecular weight excluding hydrogens is 246 g/mol. The fraction of sp³-hybridized carbons (Fsp3) is 0.615. The second kappa shape index (κ2) is 5.42. The number of aliphatic carboxylic acids is 1. The molecule has 1 amide bonds. The third kappa shape index (κ3) is 4.08. The Kier molecular flexibility index (Phi) is 4.34. The van der Waals surface area contributed by atoms with E-state index in [-0.39, 0.29) is 17.7 Å². The van der Waals surface area contributed by atoms with Crippen LogP contribution in [0, 0.1) is 0 Å². The summed E-state index contributed by atoms with van der Waals surface area (Å²) in [5.74, 6) is -1.24. The molecule has 0 fully saturated rings. The van der Waals surface area contributed by atoms with E-state index < -0.39 is 12.0 Å². The summed E-state index contributed by atoms with van der Waals surface area (Å²) >= 11 is 0. The van der Waals surface area contributed by atoms with Crippen molar-refractivity contribution in [3.05, 3.63) is 17.5 Å². The molecule has 0 aliphatic rings. The monoisotopic (exact) mass is 267 g/mol. The zero-order valence-corrected chi connectivity index (χ0v) is 12.0. The van der Waals surface area contributed by atoms with Crippen molar-refractivity contribution in [1.29, 1.82) is 0 Å². The van der Waals surface area contributed by atoms with Crippen molar-refractivity contribution in [2.75, 3.05) is 0 Å². The maximum atomic E-state index is 12.0. The van der Waals surface area contributed by atoms with Crippen LogP contribution in [0.3, 0.4) is 0 Å². The molecule has 1 unspecified atom stereocenters. The predicted molar refractivity (Wildman–Crippen MR) is 71.1 cm³/mol. The summed E-state index contributed by atoms with van der Waals surface area (Å²) in [7, 11) is 1.70. The van der Waals surface area contributed by atoms with Gasteiger partial charge in [0.25, 0.3) is 5.91 Å². The first-order valence-electron chi connectivity index (χ1n) is 6.18. The van der Waals surface area contributed by atoms with Crippen molar-refractivity contribution in [3.8, 4) is 0 Å². The molecule has 1 rings (SSSR count). The van der Waals surface area contributed by atoms with Gasteiger partial charge in [0.05, 0.1) is 12.1 Å². The standard InChI is InChI=1S/C13H21N3O3/c1-8(6-11(17)18)14-12(19)9-7-10(13(2,3)4)15-16(9)5/h7-8H,6H2,1-5H3,(H,14,19)(H,17,18). The molecule has 1 atom stereocenters. The maximum Gasteiger partial charge on any atom is 0.305 e. The number of rotatable bonds is 4. The van der Waals surface area contributed by atoms with Gasteiger partial charge in [-0.3, -0.25) is 14.3 Å². The van der Waals surface area contributed by atoms with Crippen LogP contribution in [0.25, 0.3) is 0 Å². The van der Waals surface area contributed by atoms with Gasteiger partial charge in [-0.25, -0.2) is 0 Å². The van der Waals surface area contributed by atoms with Crippen LogP contribution in [-0.2, 0) is 17.3 Å². The molecule has 0 aromatic carbocycles. The van der Waals surface area contributed by atoms with Gasteiger partial charge in [-0.1, -0.05) is 20.8 Å². The van der Waals surface area contributed by atoms with E-state index in [9.17, 15) is 9.59 Å². The number of carboxylic acid groups (broad SMARTS) is 1. The third-order valence-corrected chi connectivity index (χ3v) is 2.74. The van der Waals surface area contributed by atoms with Gasteiger partial charge in [0.2, 0.25) is 0 Å². The molecular formula is C13H21N3O3. The first-order valence-corrected chi connectivity index (χ1v) is 6.18. The summed E-state index contributed by atoms with van der Waals surface area (Å²) in [5.41, 5.74) is 1.12. The van der Waals surface area contributed by atoms with Crippen molar-refractivity contribution in [2.24, 2.45) is 7.05 Å². The number of aromatic nitrogens is 2. The quantitative estimate of drug-likeness (QED) is 0.861. The molecule has 19 heavy (non-hydrogen) atoms. The van der Waals surface area contributed by atoms with E-state index in [2.05, 4.69) is 10.4 Å². The molecule has 0 bridgehead atoms. The first kappa shape index (κ1) is 15.2. The Hall–Kier alpha value is -1.85. The maximum absolute atomic E-state index is 12.0. The highest BCUT2D eigenvalue weighted by Crippen LogP contribution is 2.21. The van der Waals surface area contributed by atoms with Gasteiger partial charge in [0, 0.05) is 18.5 Å². The molecule has 0 aliphatic carbocycles. The lowest BCUT2D eigenvalue weighted by molar-refractivity contribution is -0.137. The van der Waals surface area contributed by atoms with Crippen LogP contribution in [0.15, 0.2) is 6.07 Å². The number of hydrogen-bond acceptors (Lipinski definition) is 3. The molecule has 0 saturated heterocycles. The highest BCUT2D eigenvalue weighted by Gasteiger charge is 2.22. The van der Waals surface area contributed by atoms with Crippen molar-refractivity contribution in [1.82, 2.24) is 15.1 Å². The van der Waals surface area contributed by atoms with E-state index in [1.54, 1.807) is 20.0 Å². The third-order valence-electron chi connectivity index (χ3n) is 2.74. The summed E-state index contributed by atoms with van der Waals surface area (Å²) in [5, 5.41) is 15.6. The minimum absolute atomic E-state index is 0.101. The molecule has 1 heterocycles. The Labute approximate surface area is 112 Å². The zero-order chi connectivity index (χ0) is 14.8. The van der Waals surface area contributed by atoms with E-state index in [4.69, 9.17) is 5.11 Å². The second-order valence-corrected chi connectivity index (χ2v) is 5.76. The van der Waals surface area contributed by atoms with Gasteiger partial charge in [-0.2, -0.15) is 5.10 Å². The molecule has 6 heteroatoms. The van der Waals surface area contributed by atoms with E-state index in [0.29, 0.717) is 5.69 Å². The average molecular weight is 267 g/mol. The van der Waals surface area contributed by atoms with E-state index in [1.807, 2.05) is 20.8 Å². The Morgan fingerprint density at radius 2 is 2.05 bits per heavy atom. The minimum atomic E-state index is -0.937. The van der Waals surface area contributed by atoms with E-state index >= 15 is 0 Å². The first-order chi connectivity index (χ1) is 8.61. The van der Waals surface area contributed by atoms with Crippen molar-refractivity contribution >= 4 is 11.9 Å². The number of carbonyl (C=O) groups excluding carboxylic acids is 1. The van der Waals surface area contributed by atoms with E-state index in [0.717, 1.165) is 5.69 Å². The number of nitrogens with one attached hydrogen (secondary N) is 1. The molecule has 0 saturated carbocycles. The lowest BCUT2D eigenvalue weighted by Crippen LogP contribution is -2.35. The van der Waals surface area contributed by atoms with Crippen molar-refractivity contribution in [2.45, 2.75) is 45.6 Å². The van der Waals surface area contributed by atoms with Crippen molar-refractivity contribution < 1.29 is 14.7 Å². The van der Waals surface area contributed by atoms with Crippen LogP contribution >= 0.6 is 0 Å². The lowest BCUT2D eigenvalue weighted by Gasteiger charge is -2.13. The largest absolute Gasteiger partial charge is 0.481 e. The topological polar surface area (TPSA) is 84.2 Å². The fourth-order valence-electron chi connectivity index (χ4n) is 1.66.